The Morgan fingerprint density at radius 3 is 2.03 bits per heavy atom. The lowest BCUT2D eigenvalue weighted by atomic mass is 9.89. The van der Waals surface area contributed by atoms with E-state index >= 15 is 0 Å². The molecule has 7 N–H and O–H groups in total. The number of aliphatic hydroxyl groups excluding tert-OH is 3. The summed E-state index contributed by atoms with van der Waals surface area (Å²) in [6.07, 6.45) is -8.37. The van der Waals surface area contributed by atoms with Gasteiger partial charge in [0.25, 0.3) is 0 Å². The van der Waals surface area contributed by atoms with Crippen LogP contribution < -0.4 is 16.0 Å². The molecule has 1 aromatic rings. The van der Waals surface area contributed by atoms with Gasteiger partial charge < -0.3 is 65.1 Å². The number of amides is 4. The highest BCUT2D eigenvalue weighted by atomic mass is 16.7. The van der Waals surface area contributed by atoms with E-state index in [1.165, 1.54) is 14.2 Å². The van der Waals surface area contributed by atoms with Crippen LogP contribution in [0.15, 0.2) is 24.3 Å². The fraction of sp³-hybridized carbons (Fsp3) is 0.766. The van der Waals surface area contributed by atoms with Crippen LogP contribution in [0.25, 0.3) is 0 Å². The monoisotopic (exact) mass is 937 g/mol. The van der Waals surface area contributed by atoms with Gasteiger partial charge in [-0.3, -0.25) is 24.1 Å². The highest BCUT2D eigenvalue weighted by Crippen LogP contribution is 2.30. The fourth-order valence-corrected chi connectivity index (χ4v) is 9.39. The second kappa shape index (κ2) is 26.0. The molecule has 66 heavy (non-hydrogen) atoms. The van der Waals surface area contributed by atoms with Crippen LogP contribution in [-0.2, 0) is 49.3 Å². The van der Waals surface area contributed by atoms with Gasteiger partial charge >= 0.3 is 5.97 Å². The van der Waals surface area contributed by atoms with Gasteiger partial charge in [0, 0.05) is 40.5 Å². The summed E-state index contributed by atoms with van der Waals surface area (Å²) in [7, 11) is 10.2. The molecule has 0 spiro atoms. The van der Waals surface area contributed by atoms with Gasteiger partial charge in [-0.05, 0) is 68.8 Å². The maximum Gasteiger partial charge on any atom is 0.335 e. The average molecular weight is 937 g/mol. The molecule has 0 aliphatic carbocycles. The zero-order valence-electron chi connectivity index (χ0n) is 41.3. The van der Waals surface area contributed by atoms with Crippen LogP contribution in [-0.4, -0.2) is 193 Å². The number of benzene rings is 1. The van der Waals surface area contributed by atoms with Crippen LogP contribution >= 0.6 is 0 Å². The molecule has 19 heteroatoms. The lowest BCUT2D eigenvalue weighted by Crippen LogP contribution is -2.60. The molecule has 2 saturated heterocycles. The molecule has 3 rings (SSSR count). The number of nitrogens with zero attached hydrogens (tertiary/aromatic N) is 3. The number of carbonyl (C=O) groups is 5. The first-order chi connectivity index (χ1) is 31.0. The van der Waals surface area contributed by atoms with E-state index in [1.807, 2.05) is 84.8 Å². The first-order valence-electron chi connectivity index (χ1n) is 23.2. The van der Waals surface area contributed by atoms with Gasteiger partial charge in [0.1, 0.15) is 24.4 Å². The molecule has 0 aromatic heterocycles. The molecule has 0 saturated carbocycles. The standard InChI is InChI=1S/C47H80N6O13/c1-14-27(6)37(52(11)45(60)35(25(2)3)50-44(59)36(26(4)5)51(9)10)33(63-12)23-34(54)53-21-15-16-32(53)41(64-13)28(7)43(58)49-31(22-29-17-19-30(48-8)20-18-29)24-65-47-40(57)38(55)39(56)42(66-47)46(61)62/h17-20,25-28,31-33,35-42,47-48,55-57H,14-16,21-24H2,1-13H3,(H,49,58)(H,50,59)(H,61,62)/t27-,28+,31-,32-,33+,35-,36-,37-,38-,39-,40+,41+,42-,47+/m0/s1. The molecule has 4 amide bonds. The van der Waals surface area contributed by atoms with Crippen LogP contribution in [0.4, 0.5) is 5.69 Å². The van der Waals surface area contributed by atoms with Crippen molar-refractivity contribution < 1.29 is 63.3 Å². The molecular weight excluding hydrogens is 857 g/mol. The van der Waals surface area contributed by atoms with Crippen molar-refractivity contribution in [2.75, 3.05) is 60.9 Å². The Morgan fingerprint density at radius 1 is 0.879 bits per heavy atom. The van der Waals surface area contributed by atoms with Gasteiger partial charge in [-0.1, -0.05) is 67.0 Å². The lowest BCUT2D eigenvalue weighted by molar-refractivity contribution is -0.295. The lowest BCUT2D eigenvalue weighted by Gasteiger charge is -2.41. The number of carbonyl (C=O) groups excluding carboxylic acids is 4. The Kier molecular flexibility index (Phi) is 22.2. The number of aliphatic hydroxyl groups is 3. The van der Waals surface area contributed by atoms with Crippen LogP contribution in [0.3, 0.4) is 0 Å². The van der Waals surface area contributed by atoms with E-state index in [9.17, 15) is 44.4 Å². The zero-order valence-corrected chi connectivity index (χ0v) is 41.3. The highest BCUT2D eigenvalue weighted by Gasteiger charge is 2.48. The van der Waals surface area contributed by atoms with E-state index in [1.54, 1.807) is 30.8 Å². The summed E-state index contributed by atoms with van der Waals surface area (Å²) in [6, 6.07) is 4.44. The Bertz CT molecular complexity index is 1710. The van der Waals surface area contributed by atoms with Crippen molar-refractivity contribution in [1.82, 2.24) is 25.3 Å². The fourth-order valence-electron chi connectivity index (χ4n) is 9.39. The second-order valence-electron chi connectivity index (χ2n) is 18.9. The summed E-state index contributed by atoms with van der Waals surface area (Å²) >= 11 is 0. The minimum absolute atomic E-state index is 0.00779. The molecule has 2 aliphatic heterocycles. The predicted octanol–water partition coefficient (Wildman–Crippen LogP) is 1.31. The number of likely N-dealkylation sites (tertiary alicyclic amines) is 1. The third-order valence-corrected chi connectivity index (χ3v) is 13.3. The summed E-state index contributed by atoms with van der Waals surface area (Å²) in [6.45, 7) is 13.6. The number of hydrogen-bond donors (Lipinski definition) is 7. The molecule has 19 nitrogen and oxygen atoms in total. The molecule has 376 valence electrons. The molecule has 2 aliphatic rings. The normalized spacial score (nSPS) is 24.8. The molecule has 0 radical (unpaired) electrons. The van der Waals surface area contributed by atoms with Gasteiger partial charge in [-0.15, -0.1) is 0 Å². The first-order valence-corrected chi connectivity index (χ1v) is 23.2. The molecule has 0 bridgehead atoms. The summed E-state index contributed by atoms with van der Waals surface area (Å²) in [5, 5.41) is 49.7. The van der Waals surface area contributed by atoms with Crippen LogP contribution in [0.5, 0.6) is 0 Å². The summed E-state index contributed by atoms with van der Waals surface area (Å²) < 4.78 is 23.2. The largest absolute Gasteiger partial charge is 0.479 e. The third kappa shape index (κ3) is 14.3. The van der Waals surface area contributed by atoms with E-state index in [4.69, 9.17) is 18.9 Å². The number of carboxylic acid groups (broad SMARTS) is 1. The number of ether oxygens (including phenoxy) is 4. The number of aliphatic carboxylic acids is 1. The molecule has 14 atom stereocenters. The molecule has 2 heterocycles. The summed E-state index contributed by atoms with van der Waals surface area (Å²) in [5.74, 6) is -3.81. The Balaban J connectivity index is 1.82. The SMILES string of the molecule is CC[C@H](C)[C@@H]([C@@H](CC(=O)N1CCC[C@H]1[C@H](OC)[C@@H](C)C(=O)N[C@H](CO[C@@H]1O[C@H](C(=O)O)[C@@H](O)[C@H](O)[C@H]1O)Cc1ccc(NC)cc1)OC)N(C)C(=O)[C@@H](NC(=O)[C@H](C(C)C)N(C)C)C(C)C. The molecule has 1 aromatic carbocycles. The van der Waals surface area contributed by atoms with Crippen molar-refractivity contribution in [1.29, 1.82) is 0 Å². The minimum atomic E-state index is -1.89. The second-order valence-corrected chi connectivity index (χ2v) is 18.9. The summed E-state index contributed by atoms with van der Waals surface area (Å²) in [5.41, 5.74) is 1.68. The molecule has 2 fully saturated rings. The number of likely N-dealkylation sites (N-methyl/N-ethyl adjacent to an activating group) is 2. The van der Waals surface area contributed by atoms with E-state index < -0.39 is 90.9 Å². The smallest absolute Gasteiger partial charge is 0.335 e. The van der Waals surface area contributed by atoms with Gasteiger partial charge in [0.15, 0.2) is 12.4 Å². The quantitative estimate of drug-likeness (QED) is 0.0731. The van der Waals surface area contributed by atoms with Crippen LogP contribution in [0, 0.1) is 23.7 Å². The van der Waals surface area contributed by atoms with Crippen molar-refractivity contribution in [2.24, 2.45) is 23.7 Å². The number of anilines is 1. The van der Waals surface area contributed by atoms with Crippen LogP contribution in [0.1, 0.15) is 79.7 Å². The number of hydrogen-bond acceptors (Lipinski definition) is 14. The first kappa shape index (κ1) is 56.4. The van der Waals surface area contributed by atoms with Gasteiger partial charge in [0.05, 0.1) is 55.3 Å². The maximum absolute atomic E-state index is 14.4. The van der Waals surface area contributed by atoms with E-state index in [0.29, 0.717) is 25.8 Å². The van der Waals surface area contributed by atoms with Crippen molar-refractivity contribution in [3.05, 3.63) is 29.8 Å². The zero-order chi connectivity index (χ0) is 49.7. The summed E-state index contributed by atoms with van der Waals surface area (Å²) in [4.78, 5) is 73.4. The highest BCUT2D eigenvalue weighted by molar-refractivity contribution is 5.90. The maximum atomic E-state index is 14.4. The molecule has 0 unspecified atom stereocenters. The Labute approximate surface area is 391 Å². The minimum Gasteiger partial charge on any atom is -0.479 e. The number of rotatable bonds is 25. The third-order valence-electron chi connectivity index (χ3n) is 13.3. The topological polar surface area (TPSA) is 249 Å². The Morgan fingerprint density at radius 2 is 1.52 bits per heavy atom. The number of methoxy groups -OCH3 is 2. The predicted molar refractivity (Wildman–Crippen MR) is 247 cm³/mol. The van der Waals surface area contributed by atoms with Crippen molar-refractivity contribution >= 4 is 35.3 Å². The van der Waals surface area contributed by atoms with Crippen molar-refractivity contribution in [3.63, 3.8) is 0 Å². The van der Waals surface area contributed by atoms with Gasteiger partial charge in [-0.25, -0.2) is 4.79 Å². The Hall–Kier alpha value is -3.95. The van der Waals surface area contributed by atoms with Gasteiger partial charge in [0.2, 0.25) is 23.6 Å². The van der Waals surface area contributed by atoms with E-state index in [0.717, 1.165) is 11.3 Å². The van der Waals surface area contributed by atoms with E-state index in [-0.39, 0.29) is 54.9 Å². The van der Waals surface area contributed by atoms with E-state index in [2.05, 4.69) is 16.0 Å². The van der Waals surface area contributed by atoms with Gasteiger partial charge in [-0.2, -0.15) is 0 Å². The molecular formula is C47H80N6O13. The number of nitrogens with one attached hydrogen (secondary N) is 3. The van der Waals surface area contributed by atoms with Crippen molar-refractivity contribution in [2.45, 2.75) is 154 Å². The van der Waals surface area contributed by atoms with Crippen molar-refractivity contribution in [3.8, 4) is 0 Å². The average Bonchev–Trinajstić information content (AvgIpc) is 3.76. The number of carboxylic acids is 1. The van der Waals surface area contributed by atoms with Crippen LogP contribution in [0.2, 0.25) is 0 Å².